The lowest BCUT2D eigenvalue weighted by Crippen LogP contribution is -2.51. The number of benzene rings is 1. The van der Waals surface area contributed by atoms with Crippen LogP contribution in [0.2, 0.25) is 16.6 Å². The van der Waals surface area contributed by atoms with Gasteiger partial charge in [-0.1, -0.05) is 47.6 Å². The summed E-state index contributed by atoms with van der Waals surface area (Å²) in [6.07, 6.45) is 2.34. The number of phenols is 1. The second-order valence-corrected chi connectivity index (χ2v) is 14.0. The second-order valence-electron chi connectivity index (χ2n) is 8.28. The number of fused-ring (bicyclic) bond motifs is 1. The van der Waals surface area contributed by atoms with Gasteiger partial charge in [0.05, 0.1) is 0 Å². The zero-order chi connectivity index (χ0) is 18.2. The van der Waals surface area contributed by atoms with Gasteiger partial charge in [0.15, 0.2) is 8.24 Å². The normalized spacial score (nSPS) is 13.2. The van der Waals surface area contributed by atoms with E-state index in [4.69, 9.17) is 0 Å². The predicted octanol–water partition coefficient (Wildman–Crippen LogP) is 5.43. The minimum absolute atomic E-state index is 0.405. The molecule has 0 amide bonds. The van der Waals surface area contributed by atoms with Crippen molar-refractivity contribution in [2.75, 3.05) is 14.1 Å². The van der Waals surface area contributed by atoms with Gasteiger partial charge in [0.2, 0.25) is 0 Å². The van der Waals surface area contributed by atoms with E-state index in [0.717, 1.165) is 11.9 Å². The van der Waals surface area contributed by atoms with Crippen molar-refractivity contribution >= 4 is 19.1 Å². The Morgan fingerprint density at radius 3 is 2.00 bits per heavy atom. The summed E-state index contributed by atoms with van der Waals surface area (Å²) in [5, 5.41) is 11.6. The molecule has 0 aliphatic rings. The lowest BCUT2D eigenvalue weighted by atomic mass is 10.1. The van der Waals surface area contributed by atoms with Crippen molar-refractivity contribution in [3.05, 3.63) is 30.0 Å². The highest BCUT2D eigenvalue weighted by Gasteiger charge is 2.46. The van der Waals surface area contributed by atoms with Gasteiger partial charge in [-0.2, -0.15) is 0 Å². The number of nitrogens with zero attached hydrogens (tertiary/aromatic N) is 2. The number of rotatable bonds is 6. The van der Waals surface area contributed by atoms with Gasteiger partial charge in [0.25, 0.3) is 0 Å². The number of aromatic hydroxyl groups is 1. The van der Waals surface area contributed by atoms with Crippen LogP contribution < -0.4 is 0 Å². The standard InChI is InChI=1S/C20H34N2OSi/c1-14(2)24(15(3)4,16(5)6)22-13-17(12-21(7)8)20-18(22)10-9-11-19(20)23/h9-11,13-16,23H,12H2,1-8H3. The average molecular weight is 347 g/mol. The smallest absolute Gasteiger partial charge is 0.169 e. The first-order valence-electron chi connectivity index (χ1n) is 9.11. The van der Waals surface area contributed by atoms with E-state index in [0.29, 0.717) is 22.4 Å². The largest absolute Gasteiger partial charge is 0.507 e. The molecule has 2 rings (SSSR count). The monoisotopic (exact) mass is 346 g/mol. The average Bonchev–Trinajstić information content (AvgIpc) is 2.78. The molecule has 1 N–H and O–H groups in total. The quantitative estimate of drug-likeness (QED) is 0.706. The highest BCUT2D eigenvalue weighted by Crippen LogP contribution is 2.45. The fraction of sp³-hybridized carbons (Fsp3) is 0.600. The first-order valence-corrected chi connectivity index (χ1v) is 11.3. The van der Waals surface area contributed by atoms with Gasteiger partial charge in [-0.3, -0.25) is 0 Å². The minimum atomic E-state index is -1.83. The highest BCUT2D eigenvalue weighted by molar-refractivity contribution is 6.82. The zero-order valence-corrected chi connectivity index (χ0v) is 17.6. The van der Waals surface area contributed by atoms with E-state index >= 15 is 0 Å². The molecule has 0 spiro atoms. The maximum Gasteiger partial charge on any atom is 0.169 e. The number of hydrogen-bond acceptors (Lipinski definition) is 2. The number of phenolic OH excluding ortho intramolecular Hbond substituents is 1. The molecule has 0 fully saturated rings. The van der Waals surface area contributed by atoms with E-state index in [1.165, 1.54) is 11.1 Å². The van der Waals surface area contributed by atoms with Gasteiger partial charge < -0.3 is 14.2 Å². The van der Waals surface area contributed by atoms with Crippen LogP contribution in [-0.4, -0.2) is 36.6 Å². The third kappa shape index (κ3) is 2.90. The first kappa shape index (κ1) is 19.1. The Kier molecular flexibility index (Phi) is 5.50. The van der Waals surface area contributed by atoms with Crippen LogP contribution in [0.4, 0.5) is 0 Å². The fourth-order valence-corrected chi connectivity index (χ4v) is 11.6. The Bertz CT molecular complexity index is 679. The van der Waals surface area contributed by atoms with Crippen molar-refractivity contribution in [1.82, 2.24) is 9.13 Å². The van der Waals surface area contributed by atoms with Crippen LogP contribution >= 0.6 is 0 Å². The van der Waals surface area contributed by atoms with Gasteiger partial charge in [0.1, 0.15) is 5.75 Å². The molecule has 0 saturated heterocycles. The predicted molar refractivity (Wildman–Crippen MR) is 107 cm³/mol. The summed E-state index contributed by atoms with van der Waals surface area (Å²) in [5.74, 6) is 0.405. The molecule has 0 aliphatic heterocycles. The molecule has 0 radical (unpaired) electrons. The number of aromatic nitrogens is 1. The van der Waals surface area contributed by atoms with Crippen LogP contribution in [0.3, 0.4) is 0 Å². The molecule has 0 atom stereocenters. The molecule has 134 valence electrons. The van der Waals surface area contributed by atoms with Crippen molar-refractivity contribution in [1.29, 1.82) is 0 Å². The minimum Gasteiger partial charge on any atom is -0.507 e. The number of hydrogen-bond donors (Lipinski definition) is 1. The van der Waals surface area contributed by atoms with Crippen LogP contribution in [-0.2, 0) is 6.54 Å². The Balaban J connectivity index is 2.86. The van der Waals surface area contributed by atoms with Gasteiger partial charge in [0, 0.05) is 23.6 Å². The van der Waals surface area contributed by atoms with Crippen LogP contribution in [0.15, 0.2) is 24.4 Å². The molecule has 0 bridgehead atoms. The maximum absolute atomic E-state index is 10.5. The summed E-state index contributed by atoms with van der Waals surface area (Å²) < 4.78 is 2.60. The van der Waals surface area contributed by atoms with Crippen molar-refractivity contribution < 1.29 is 5.11 Å². The molecular weight excluding hydrogens is 312 g/mol. The SMILES string of the molecule is CC(C)[Si](C(C)C)(C(C)C)n1cc(CN(C)C)c2c(O)cccc21. The molecule has 1 aromatic heterocycles. The van der Waals surface area contributed by atoms with Crippen LogP contribution in [0, 0.1) is 0 Å². The molecule has 1 heterocycles. The summed E-state index contributed by atoms with van der Waals surface area (Å²) in [6.45, 7) is 15.1. The van der Waals surface area contributed by atoms with E-state index in [9.17, 15) is 5.11 Å². The molecule has 0 saturated carbocycles. The van der Waals surface area contributed by atoms with Crippen LogP contribution in [0.1, 0.15) is 47.1 Å². The van der Waals surface area contributed by atoms with Crippen LogP contribution in [0.5, 0.6) is 5.75 Å². The lowest BCUT2D eigenvalue weighted by Gasteiger charge is -2.44. The molecule has 3 nitrogen and oxygen atoms in total. The molecule has 4 heteroatoms. The van der Waals surface area contributed by atoms with Gasteiger partial charge in [-0.25, -0.2) is 0 Å². The Morgan fingerprint density at radius 2 is 1.54 bits per heavy atom. The fourth-order valence-electron chi connectivity index (χ4n) is 4.96. The van der Waals surface area contributed by atoms with Crippen molar-refractivity contribution in [3.63, 3.8) is 0 Å². The first-order chi connectivity index (χ1) is 11.1. The zero-order valence-electron chi connectivity index (χ0n) is 16.6. The lowest BCUT2D eigenvalue weighted by molar-refractivity contribution is 0.403. The van der Waals surface area contributed by atoms with E-state index < -0.39 is 8.24 Å². The van der Waals surface area contributed by atoms with Gasteiger partial charge in [-0.05, 0) is 48.4 Å². The van der Waals surface area contributed by atoms with E-state index in [-0.39, 0.29) is 0 Å². The molecule has 0 aliphatic carbocycles. The summed E-state index contributed by atoms with van der Waals surface area (Å²) in [7, 11) is 2.33. The molecular formula is C20H34N2OSi. The van der Waals surface area contributed by atoms with Gasteiger partial charge in [-0.15, -0.1) is 0 Å². The molecule has 24 heavy (non-hydrogen) atoms. The van der Waals surface area contributed by atoms with E-state index in [2.05, 4.69) is 77.0 Å². The van der Waals surface area contributed by atoms with E-state index in [1.807, 2.05) is 12.1 Å². The van der Waals surface area contributed by atoms with Crippen molar-refractivity contribution in [3.8, 4) is 5.75 Å². The summed E-state index contributed by atoms with van der Waals surface area (Å²) in [6, 6.07) is 5.98. The highest BCUT2D eigenvalue weighted by atomic mass is 28.3. The Hall–Kier alpha value is -1.26. The topological polar surface area (TPSA) is 28.4 Å². The summed E-state index contributed by atoms with van der Waals surface area (Å²) >= 11 is 0. The van der Waals surface area contributed by atoms with Crippen LogP contribution in [0.25, 0.3) is 10.9 Å². The van der Waals surface area contributed by atoms with E-state index in [1.54, 1.807) is 0 Å². The molecule has 2 aromatic rings. The maximum atomic E-state index is 10.5. The van der Waals surface area contributed by atoms with Crippen molar-refractivity contribution in [2.24, 2.45) is 0 Å². The third-order valence-corrected chi connectivity index (χ3v) is 12.3. The van der Waals surface area contributed by atoms with Gasteiger partial charge >= 0.3 is 0 Å². The summed E-state index contributed by atoms with van der Waals surface area (Å²) in [5.41, 5.74) is 4.31. The molecule has 1 aromatic carbocycles. The molecule has 0 unspecified atom stereocenters. The Labute approximate surface area is 148 Å². The summed E-state index contributed by atoms with van der Waals surface area (Å²) in [4.78, 5) is 2.18. The second kappa shape index (κ2) is 6.93. The van der Waals surface area contributed by atoms with Crippen molar-refractivity contribution in [2.45, 2.75) is 64.7 Å². The Morgan fingerprint density at radius 1 is 1.00 bits per heavy atom. The third-order valence-electron chi connectivity index (χ3n) is 5.56.